The topological polar surface area (TPSA) is 29.3 Å². The number of rotatable bonds is 5. The lowest BCUT2D eigenvalue weighted by Gasteiger charge is -2.25. The molecule has 0 aromatic heterocycles. The quantitative estimate of drug-likeness (QED) is 0.882. The van der Waals surface area contributed by atoms with Crippen molar-refractivity contribution in [1.29, 1.82) is 0 Å². The van der Waals surface area contributed by atoms with Gasteiger partial charge in [0, 0.05) is 12.6 Å². The molecule has 2 nitrogen and oxygen atoms in total. The number of nitrogens with zero attached hydrogens (tertiary/aromatic N) is 1. The molecule has 1 unspecified atom stereocenters. The smallest absolute Gasteiger partial charge is 0.323 e. The number of likely N-dealkylation sites (N-methyl/N-ethyl adjacent to an activating group) is 1. The van der Waals surface area contributed by atoms with Crippen LogP contribution in [-0.2, 0) is 0 Å². The lowest BCUT2D eigenvalue weighted by atomic mass is 10.1. The molecule has 0 saturated heterocycles. The van der Waals surface area contributed by atoms with Gasteiger partial charge >= 0.3 is 6.18 Å². The Kier molecular flexibility index (Phi) is 5.16. The Balaban J connectivity index is 2.61. The molecule has 1 rings (SSSR count). The van der Waals surface area contributed by atoms with E-state index in [0.717, 1.165) is 11.1 Å². The van der Waals surface area contributed by atoms with Gasteiger partial charge in [0.1, 0.15) is 0 Å². The molecule has 0 fully saturated rings. The van der Waals surface area contributed by atoms with Crippen molar-refractivity contribution in [2.75, 3.05) is 19.6 Å². The van der Waals surface area contributed by atoms with Crippen LogP contribution < -0.4 is 5.73 Å². The molecule has 0 radical (unpaired) electrons. The van der Waals surface area contributed by atoms with Crippen LogP contribution in [0.3, 0.4) is 0 Å². The van der Waals surface area contributed by atoms with Gasteiger partial charge in [0.05, 0.1) is 6.54 Å². The Morgan fingerprint density at radius 1 is 1.22 bits per heavy atom. The summed E-state index contributed by atoms with van der Waals surface area (Å²) in [6, 6.07) is 7.15. The molecule has 5 heteroatoms. The highest BCUT2D eigenvalue weighted by molar-refractivity contribution is 5.24. The van der Waals surface area contributed by atoms with Gasteiger partial charge in [-0.25, -0.2) is 0 Å². The molecule has 0 aliphatic carbocycles. The van der Waals surface area contributed by atoms with E-state index >= 15 is 0 Å². The van der Waals surface area contributed by atoms with Crippen LogP contribution in [0.25, 0.3) is 0 Å². The molecule has 1 aromatic carbocycles. The number of benzene rings is 1. The Hall–Kier alpha value is -1.07. The van der Waals surface area contributed by atoms with Crippen molar-refractivity contribution in [2.45, 2.75) is 26.1 Å². The molecule has 0 amide bonds. The molecule has 0 heterocycles. The number of halogens is 3. The van der Waals surface area contributed by atoms with E-state index < -0.39 is 18.8 Å². The van der Waals surface area contributed by atoms with Gasteiger partial charge in [-0.3, -0.25) is 4.90 Å². The third kappa shape index (κ3) is 5.06. The summed E-state index contributed by atoms with van der Waals surface area (Å²) in [6.45, 7) is 3.28. The summed E-state index contributed by atoms with van der Waals surface area (Å²) in [4.78, 5) is 1.31. The Morgan fingerprint density at radius 3 is 2.22 bits per heavy atom. The van der Waals surface area contributed by atoms with Crippen LogP contribution in [0.5, 0.6) is 0 Å². The molecule has 1 aromatic rings. The summed E-state index contributed by atoms with van der Waals surface area (Å²) in [5.41, 5.74) is 7.90. The predicted octanol–water partition coefficient (Wildman–Crippen LogP) is 2.88. The molecule has 18 heavy (non-hydrogen) atoms. The summed E-state index contributed by atoms with van der Waals surface area (Å²) in [7, 11) is 0. The molecule has 2 N–H and O–H groups in total. The molecular weight excluding hydrogens is 241 g/mol. The van der Waals surface area contributed by atoms with Gasteiger partial charge in [-0.15, -0.1) is 0 Å². The van der Waals surface area contributed by atoms with Gasteiger partial charge in [-0.2, -0.15) is 13.2 Å². The monoisotopic (exact) mass is 260 g/mol. The fourth-order valence-corrected chi connectivity index (χ4v) is 1.76. The first kappa shape index (κ1) is 15.0. The van der Waals surface area contributed by atoms with Crippen LogP contribution >= 0.6 is 0 Å². The lowest BCUT2D eigenvalue weighted by Crippen LogP contribution is -2.38. The maximum atomic E-state index is 12.3. The van der Waals surface area contributed by atoms with Crippen LogP contribution in [0.15, 0.2) is 24.3 Å². The van der Waals surface area contributed by atoms with Crippen molar-refractivity contribution in [3.05, 3.63) is 35.4 Å². The zero-order valence-electron chi connectivity index (χ0n) is 10.7. The minimum Gasteiger partial charge on any atom is -0.323 e. The molecule has 0 spiro atoms. The fourth-order valence-electron chi connectivity index (χ4n) is 1.76. The van der Waals surface area contributed by atoms with E-state index in [0.29, 0.717) is 6.54 Å². The van der Waals surface area contributed by atoms with Gasteiger partial charge in [0.15, 0.2) is 0 Å². The highest BCUT2D eigenvalue weighted by Gasteiger charge is 2.30. The zero-order chi connectivity index (χ0) is 13.8. The molecule has 0 bridgehead atoms. The van der Waals surface area contributed by atoms with Crippen molar-refractivity contribution in [3.63, 3.8) is 0 Å². The highest BCUT2D eigenvalue weighted by Crippen LogP contribution is 2.19. The normalized spacial score (nSPS) is 13.9. The van der Waals surface area contributed by atoms with Gasteiger partial charge in [-0.05, 0) is 19.0 Å². The van der Waals surface area contributed by atoms with E-state index in [1.165, 1.54) is 4.90 Å². The predicted molar refractivity (Wildman–Crippen MR) is 66.3 cm³/mol. The molecular formula is C13H19F3N2. The Morgan fingerprint density at radius 2 is 1.78 bits per heavy atom. The number of hydrogen-bond acceptors (Lipinski definition) is 2. The minimum absolute atomic E-state index is 0.207. The summed E-state index contributed by atoms with van der Waals surface area (Å²) < 4.78 is 36.9. The van der Waals surface area contributed by atoms with Crippen molar-refractivity contribution in [3.8, 4) is 0 Å². The molecule has 102 valence electrons. The second-order valence-corrected chi connectivity index (χ2v) is 4.46. The fraction of sp³-hybridized carbons (Fsp3) is 0.538. The molecule has 0 aliphatic rings. The second kappa shape index (κ2) is 6.20. The Labute approximate surface area is 106 Å². The third-order valence-corrected chi connectivity index (χ3v) is 2.81. The highest BCUT2D eigenvalue weighted by atomic mass is 19.4. The summed E-state index contributed by atoms with van der Waals surface area (Å²) in [5.74, 6) is 0. The first-order chi connectivity index (χ1) is 8.31. The number of alkyl halides is 3. The average Bonchev–Trinajstić information content (AvgIpc) is 2.27. The van der Waals surface area contributed by atoms with Gasteiger partial charge in [0.25, 0.3) is 0 Å². The number of nitrogens with two attached hydrogens (primary N) is 1. The number of hydrogen-bond donors (Lipinski definition) is 1. The molecule has 0 saturated carbocycles. The van der Waals surface area contributed by atoms with Crippen LogP contribution in [0.4, 0.5) is 13.2 Å². The average molecular weight is 260 g/mol. The second-order valence-electron chi connectivity index (χ2n) is 4.46. The van der Waals surface area contributed by atoms with Crippen molar-refractivity contribution in [1.82, 2.24) is 4.90 Å². The summed E-state index contributed by atoms with van der Waals surface area (Å²) >= 11 is 0. The minimum atomic E-state index is -4.18. The van der Waals surface area contributed by atoms with Crippen molar-refractivity contribution in [2.24, 2.45) is 5.73 Å². The summed E-state index contributed by atoms with van der Waals surface area (Å²) in [5, 5.41) is 0. The van der Waals surface area contributed by atoms with Crippen LogP contribution in [-0.4, -0.2) is 30.7 Å². The van der Waals surface area contributed by atoms with Gasteiger partial charge < -0.3 is 5.73 Å². The first-order valence-electron chi connectivity index (χ1n) is 5.93. The largest absolute Gasteiger partial charge is 0.401 e. The zero-order valence-corrected chi connectivity index (χ0v) is 10.7. The van der Waals surface area contributed by atoms with E-state index in [9.17, 15) is 13.2 Å². The molecule has 0 aliphatic heterocycles. The van der Waals surface area contributed by atoms with Crippen molar-refractivity contribution < 1.29 is 13.2 Å². The van der Waals surface area contributed by atoms with Crippen molar-refractivity contribution >= 4 is 0 Å². The van der Waals surface area contributed by atoms with Gasteiger partial charge in [0.2, 0.25) is 0 Å². The lowest BCUT2D eigenvalue weighted by molar-refractivity contribution is -0.145. The van der Waals surface area contributed by atoms with E-state index in [4.69, 9.17) is 5.73 Å². The first-order valence-corrected chi connectivity index (χ1v) is 5.93. The maximum Gasteiger partial charge on any atom is 0.401 e. The van der Waals surface area contributed by atoms with E-state index in [-0.39, 0.29) is 6.54 Å². The van der Waals surface area contributed by atoms with Crippen LogP contribution in [0.2, 0.25) is 0 Å². The van der Waals surface area contributed by atoms with E-state index in [2.05, 4.69) is 0 Å². The van der Waals surface area contributed by atoms with Crippen LogP contribution in [0, 0.1) is 6.92 Å². The van der Waals surface area contributed by atoms with E-state index in [1.54, 1.807) is 6.92 Å². The summed E-state index contributed by atoms with van der Waals surface area (Å²) in [6.07, 6.45) is -4.18. The van der Waals surface area contributed by atoms with Gasteiger partial charge in [-0.1, -0.05) is 36.8 Å². The maximum absolute atomic E-state index is 12.3. The SMILES string of the molecule is CCN(CC(N)c1ccc(C)cc1)CC(F)(F)F. The van der Waals surface area contributed by atoms with Crippen LogP contribution in [0.1, 0.15) is 24.1 Å². The number of aryl methyl sites for hydroxylation is 1. The van der Waals surface area contributed by atoms with E-state index in [1.807, 2.05) is 31.2 Å². The Bertz CT molecular complexity index is 359. The molecule has 1 atom stereocenters. The standard InChI is InChI=1S/C13H19F3N2/c1-3-18(9-13(14,15)16)8-12(17)11-6-4-10(2)5-7-11/h4-7,12H,3,8-9,17H2,1-2H3. The third-order valence-electron chi connectivity index (χ3n) is 2.81.